The van der Waals surface area contributed by atoms with Crippen LogP contribution in [0.15, 0.2) is 65.7 Å². The van der Waals surface area contributed by atoms with E-state index in [4.69, 9.17) is 11.6 Å². The minimum Gasteiger partial charge on any atom is -0.325 e. The third-order valence-electron chi connectivity index (χ3n) is 3.92. The molecule has 0 aliphatic rings. The quantitative estimate of drug-likeness (QED) is 0.761. The number of carbonyl (C=O) groups is 1. The highest BCUT2D eigenvalue weighted by Crippen LogP contribution is 2.18. The summed E-state index contributed by atoms with van der Waals surface area (Å²) in [6, 6.07) is 14.7. The Morgan fingerprint density at radius 3 is 2.48 bits per heavy atom. The molecule has 0 aliphatic heterocycles. The summed E-state index contributed by atoms with van der Waals surface area (Å²) in [6.07, 6.45) is 4.12. The van der Waals surface area contributed by atoms with Gasteiger partial charge in [0.25, 0.3) is 0 Å². The molecule has 25 heavy (non-hydrogen) atoms. The van der Waals surface area contributed by atoms with Gasteiger partial charge in [-0.15, -0.1) is 0 Å². The summed E-state index contributed by atoms with van der Waals surface area (Å²) in [5.41, 5.74) is 2.18. The van der Waals surface area contributed by atoms with Gasteiger partial charge in [-0.05, 0) is 36.2 Å². The predicted octanol–water partition coefficient (Wildman–Crippen LogP) is 3.49. The second-order valence-corrected chi connectivity index (χ2v) is 6.04. The van der Waals surface area contributed by atoms with Gasteiger partial charge in [-0.2, -0.15) is 0 Å². The summed E-state index contributed by atoms with van der Waals surface area (Å²) in [5.74, 6) is -0.261. The van der Waals surface area contributed by atoms with E-state index in [1.165, 1.54) is 14.7 Å². The van der Waals surface area contributed by atoms with Crippen molar-refractivity contribution in [3.8, 4) is 5.69 Å². The zero-order valence-electron chi connectivity index (χ0n) is 13.8. The second kappa shape index (κ2) is 7.40. The summed E-state index contributed by atoms with van der Waals surface area (Å²) in [5, 5.41) is 3.27. The largest absolute Gasteiger partial charge is 0.333 e. The topological polar surface area (TPSA) is 56.0 Å². The van der Waals surface area contributed by atoms with Crippen molar-refractivity contribution in [1.29, 1.82) is 0 Å². The van der Waals surface area contributed by atoms with Gasteiger partial charge in [-0.3, -0.25) is 13.9 Å². The predicted molar refractivity (Wildman–Crippen MR) is 99.5 cm³/mol. The summed E-state index contributed by atoms with van der Waals surface area (Å²) in [4.78, 5) is 24.7. The van der Waals surface area contributed by atoms with Crippen molar-refractivity contribution in [2.45, 2.75) is 19.9 Å². The fourth-order valence-electron chi connectivity index (χ4n) is 2.54. The molecule has 2 aromatic carbocycles. The van der Waals surface area contributed by atoms with Crippen LogP contribution in [-0.4, -0.2) is 15.0 Å². The van der Waals surface area contributed by atoms with Gasteiger partial charge in [-0.1, -0.05) is 42.8 Å². The molecule has 0 saturated carbocycles. The smallest absolute Gasteiger partial charge is 0.325 e. The molecule has 0 radical (unpaired) electrons. The lowest BCUT2D eigenvalue weighted by molar-refractivity contribution is -0.116. The number of hydrogen-bond donors (Lipinski definition) is 1. The lowest BCUT2D eigenvalue weighted by Crippen LogP contribution is -2.28. The third-order valence-corrected chi connectivity index (χ3v) is 4.24. The average Bonchev–Trinajstić information content (AvgIpc) is 2.96. The molecule has 1 amide bonds. The van der Waals surface area contributed by atoms with Crippen molar-refractivity contribution in [1.82, 2.24) is 9.13 Å². The van der Waals surface area contributed by atoms with Crippen LogP contribution in [-0.2, 0) is 17.8 Å². The van der Waals surface area contributed by atoms with Crippen LogP contribution < -0.4 is 11.0 Å². The molecule has 0 atom stereocenters. The highest BCUT2D eigenvalue weighted by Gasteiger charge is 2.11. The third kappa shape index (κ3) is 3.83. The molecule has 6 heteroatoms. The summed E-state index contributed by atoms with van der Waals surface area (Å²) in [7, 11) is 0. The Hall–Kier alpha value is -2.79. The summed E-state index contributed by atoms with van der Waals surface area (Å²) >= 11 is 6.13. The number of nitrogens with zero attached hydrogens (tertiary/aromatic N) is 2. The van der Waals surface area contributed by atoms with Crippen molar-refractivity contribution in [3.05, 3.63) is 82.0 Å². The molecule has 1 aromatic heterocycles. The van der Waals surface area contributed by atoms with E-state index in [0.29, 0.717) is 16.4 Å². The zero-order valence-corrected chi connectivity index (χ0v) is 14.5. The molecule has 0 bridgehead atoms. The van der Waals surface area contributed by atoms with Crippen LogP contribution >= 0.6 is 11.6 Å². The van der Waals surface area contributed by atoms with Crippen molar-refractivity contribution >= 4 is 23.2 Å². The van der Waals surface area contributed by atoms with Crippen LogP contribution in [0, 0.1) is 0 Å². The molecule has 1 heterocycles. The molecule has 0 unspecified atom stereocenters. The first kappa shape index (κ1) is 17.0. The van der Waals surface area contributed by atoms with Crippen LogP contribution in [0.25, 0.3) is 5.69 Å². The highest BCUT2D eigenvalue weighted by atomic mass is 35.5. The maximum Gasteiger partial charge on any atom is 0.333 e. The van der Waals surface area contributed by atoms with E-state index < -0.39 is 0 Å². The van der Waals surface area contributed by atoms with E-state index >= 15 is 0 Å². The van der Waals surface area contributed by atoms with Crippen molar-refractivity contribution in [2.24, 2.45) is 0 Å². The molecular weight excluding hydrogens is 338 g/mol. The van der Waals surface area contributed by atoms with Crippen molar-refractivity contribution < 1.29 is 4.79 Å². The monoisotopic (exact) mass is 355 g/mol. The first-order valence-corrected chi connectivity index (χ1v) is 8.37. The average molecular weight is 356 g/mol. The minimum absolute atomic E-state index is 0.0637. The normalized spacial score (nSPS) is 10.6. The maximum absolute atomic E-state index is 12.5. The number of imidazole rings is 1. The number of hydrogen-bond acceptors (Lipinski definition) is 2. The van der Waals surface area contributed by atoms with Gasteiger partial charge in [0.05, 0.1) is 10.7 Å². The number of anilines is 1. The van der Waals surface area contributed by atoms with Crippen LogP contribution in [0.1, 0.15) is 12.5 Å². The number of aryl methyl sites for hydroxylation is 1. The van der Waals surface area contributed by atoms with E-state index in [2.05, 4.69) is 12.2 Å². The lowest BCUT2D eigenvalue weighted by atomic mass is 10.1. The van der Waals surface area contributed by atoms with Gasteiger partial charge >= 0.3 is 5.69 Å². The molecule has 0 fully saturated rings. The molecular formula is C19H18ClN3O2. The number of nitrogens with one attached hydrogen (secondary N) is 1. The minimum atomic E-state index is -0.315. The Kier molecular flexibility index (Phi) is 5.05. The van der Waals surface area contributed by atoms with Crippen LogP contribution in [0.3, 0.4) is 0 Å². The van der Waals surface area contributed by atoms with E-state index in [9.17, 15) is 9.59 Å². The van der Waals surface area contributed by atoms with Crippen LogP contribution in [0.4, 0.5) is 5.69 Å². The Balaban J connectivity index is 1.74. The standard InChI is InChI=1S/C19H18ClN3O2/c1-2-14-7-9-15(10-8-14)21-18(24)13-22-11-12-23(19(22)25)17-6-4-3-5-16(17)20/h3-12H,2,13H2,1H3,(H,21,24). The van der Waals surface area contributed by atoms with Gasteiger partial charge < -0.3 is 5.32 Å². The zero-order chi connectivity index (χ0) is 17.8. The number of para-hydroxylation sites is 1. The van der Waals surface area contributed by atoms with Crippen LogP contribution in [0.5, 0.6) is 0 Å². The summed E-state index contributed by atoms with van der Waals surface area (Å²) in [6.45, 7) is 2.01. The fraction of sp³-hybridized carbons (Fsp3) is 0.158. The maximum atomic E-state index is 12.5. The number of carbonyl (C=O) groups excluding carboxylic acids is 1. The van der Waals surface area contributed by atoms with Gasteiger partial charge in [0.2, 0.25) is 5.91 Å². The lowest BCUT2D eigenvalue weighted by Gasteiger charge is -2.07. The molecule has 3 aromatic rings. The Morgan fingerprint density at radius 2 is 1.80 bits per heavy atom. The number of rotatable bonds is 5. The highest BCUT2D eigenvalue weighted by molar-refractivity contribution is 6.32. The van der Waals surface area contributed by atoms with E-state index in [1.807, 2.05) is 24.3 Å². The van der Waals surface area contributed by atoms with E-state index in [1.54, 1.807) is 36.7 Å². The van der Waals surface area contributed by atoms with Gasteiger partial charge in [-0.25, -0.2) is 4.79 Å². The molecule has 128 valence electrons. The molecule has 1 N–H and O–H groups in total. The number of aromatic nitrogens is 2. The molecule has 5 nitrogen and oxygen atoms in total. The van der Waals surface area contributed by atoms with Gasteiger partial charge in [0, 0.05) is 18.1 Å². The van der Waals surface area contributed by atoms with Gasteiger partial charge in [0.1, 0.15) is 6.54 Å². The first-order chi connectivity index (χ1) is 12.1. The molecule has 0 spiro atoms. The van der Waals surface area contributed by atoms with Crippen LogP contribution in [0.2, 0.25) is 5.02 Å². The van der Waals surface area contributed by atoms with Crippen molar-refractivity contribution in [3.63, 3.8) is 0 Å². The Bertz CT molecular complexity index is 942. The SMILES string of the molecule is CCc1ccc(NC(=O)Cn2ccn(-c3ccccc3Cl)c2=O)cc1. The first-order valence-electron chi connectivity index (χ1n) is 8.00. The Morgan fingerprint density at radius 1 is 1.08 bits per heavy atom. The van der Waals surface area contributed by atoms with Gasteiger partial charge in [0.15, 0.2) is 0 Å². The van der Waals surface area contributed by atoms with E-state index in [0.717, 1.165) is 6.42 Å². The fourth-order valence-corrected chi connectivity index (χ4v) is 2.77. The Labute approximate surface area is 150 Å². The second-order valence-electron chi connectivity index (χ2n) is 5.63. The number of amides is 1. The number of benzene rings is 2. The summed E-state index contributed by atoms with van der Waals surface area (Å²) < 4.78 is 2.77. The number of halogens is 1. The van der Waals surface area contributed by atoms with Crippen molar-refractivity contribution in [2.75, 3.05) is 5.32 Å². The molecule has 0 saturated heterocycles. The molecule has 3 rings (SSSR count). The van der Waals surface area contributed by atoms with E-state index in [-0.39, 0.29) is 18.1 Å². The molecule has 0 aliphatic carbocycles.